The van der Waals surface area contributed by atoms with Crippen molar-refractivity contribution in [2.75, 3.05) is 6.61 Å². The molecule has 2 radical (unpaired) electrons. The Bertz CT molecular complexity index is 13.5. The second-order valence-electron chi connectivity index (χ2n) is 0.224. The van der Waals surface area contributed by atoms with Crippen molar-refractivity contribution < 1.29 is 70.9 Å². The Morgan fingerprint density at radius 2 is 1.50 bits per heavy atom. The molecular weight excluding hydrogens is 498 g/mol. The van der Waals surface area contributed by atoms with Gasteiger partial charge in [-0.2, -0.15) is 0 Å². The molecule has 0 aromatic heterocycles. The topological polar surface area (TPSA) is 20.2 Å². The molecule has 0 aliphatic heterocycles. The van der Waals surface area contributed by atoms with Gasteiger partial charge in [-0.15, -0.1) is 0 Å². The fraction of sp³-hybridized carbons (Fsp3) is 0.500. The van der Waals surface area contributed by atoms with Crippen LogP contribution in [0.15, 0.2) is 0 Å². The summed E-state index contributed by atoms with van der Waals surface area (Å²) < 4.78 is 0. The van der Waals surface area contributed by atoms with Crippen LogP contribution < -0.4 is 0 Å². The van der Waals surface area contributed by atoms with Gasteiger partial charge in [-0.05, 0) is 0 Å². The first-order valence-electron chi connectivity index (χ1n) is 0.816. The molecule has 0 atom stereocenters. The zero-order valence-electron chi connectivity index (χ0n) is 3.16. The van der Waals surface area contributed by atoms with Gasteiger partial charge in [-0.3, -0.25) is 0 Å². The third kappa shape index (κ3) is 35.6. The minimum atomic E-state index is 0. The molecular formula is C2H5NbOTaW-. The van der Waals surface area contributed by atoms with Crippen molar-refractivity contribution in [1.29, 1.82) is 0 Å². The van der Waals surface area contributed by atoms with E-state index in [0.29, 0.717) is 0 Å². The van der Waals surface area contributed by atoms with E-state index in [0.717, 1.165) is 0 Å². The fourth-order valence-electron chi connectivity index (χ4n) is 0. The van der Waals surface area contributed by atoms with Crippen molar-refractivity contribution in [2.24, 2.45) is 0 Å². The molecule has 0 aromatic rings. The molecule has 0 saturated carbocycles. The fourth-order valence-corrected chi connectivity index (χ4v) is 0. The minimum absolute atomic E-state index is 0. The number of hydrogen-bond acceptors (Lipinski definition) is 1. The number of rotatable bonds is 0. The zero-order valence-corrected chi connectivity index (χ0v) is 11.5. The summed E-state index contributed by atoms with van der Waals surface area (Å²) in [6.45, 7) is 3.04. The van der Waals surface area contributed by atoms with Crippen LogP contribution in [0.3, 0.4) is 0 Å². The Morgan fingerprint density at radius 3 is 1.50 bits per heavy atom. The van der Waals surface area contributed by atoms with Gasteiger partial charge >= 0.3 is 0 Å². The second-order valence-corrected chi connectivity index (χ2v) is 0.224. The summed E-state index contributed by atoms with van der Waals surface area (Å²) in [7, 11) is 0. The van der Waals surface area contributed by atoms with E-state index >= 15 is 0 Å². The van der Waals surface area contributed by atoms with E-state index in [-0.39, 0.29) is 72.4 Å². The van der Waals surface area contributed by atoms with Crippen LogP contribution in [0.1, 0.15) is 0 Å². The normalized spacial score (nSPS) is 3.00. The maximum absolute atomic E-state index is 7.46. The van der Waals surface area contributed by atoms with E-state index in [1.807, 2.05) is 0 Å². The van der Waals surface area contributed by atoms with Crippen LogP contribution in [0.4, 0.5) is 0 Å². The largest absolute Gasteiger partial charge is 0.428 e. The van der Waals surface area contributed by atoms with E-state index in [9.17, 15) is 0 Å². The van der Waals surface area contributed by atoms with Gasteiger partial charge < -0.3 is 12.0 Å². The van der Waals surface area contributed by atoms with Crippen LogP contribution >= 0.6 is 0 Å². The molecule has 1 N–H and O–H groups in total. The molecule has 0 saturated heterocycles. The van der Waals surface area contributed by atoms with Crippen LogP contribution in [0, 0.1) is 6.92 Å². The molecule has 0 unspecified atom stereocenters. The van der Waals surface area contributed by atoms with Crippen LogP contribution in [0.5, 0.6) is 0 Å². The van der Waals surface area contributed by atoms with Crippen LogP contribution in [0.2, 0.25) is 0 Å². The quantitative estimate of drug-likeness (QED) is 0.360. The summed E-state index contributed by atoms with van der Waals surface area (Å²) in [6, 6.07) is 0. The van der Waals surface area contributed by atoms with E-state index in [4.69, 9.17) is 5.11 Å². The van der Waals surface area contributed by atoms with Gasteiger partial charge in [0, 0.05) is 65.8 Å². The molecule has 0 aliphatic rings. The molecule has 6 heavy (non-hydrogen) atoms. The minimum Gasteiger partial charge on any atom is -0.428 e. The summed E-state index contributed by atoms with van der Waals surface area (Å²) >= 11 is 0. The van der Waals surface area contributed by atoms with Crippen molar-refractivity contribution in [3.8, 4) is 0 Å². The maximum Gasteiger partial charge on any atom is 0 e. The van der Waals surface area contributed by atoms with E-state index in [2.05, 4.69) is 6.92 Å². The Hall–Kier alpha value is 2.13. The molecule has 4 heteroatoms. The smallest absolute Gasteiger partial charge is 0 e. The Balaban J connectivity index is -0.00000000667. The third-order valence-corrected chi connectivity index (χ3v) is 0. The standard InChI is InChI=1S/C2H5O.Nb.Ta.W/c1-2-3;;;/h3H,1-2H2;;;/q-1;;;. The monoisotopic (exact) mass is 503 g/mol. The third-order valence-electron chi connectivity index (χ3n) is 0. The summed E-state index contributed by atoms with van der Waals surface area (Å²) in [4.78, 5) is 0. The van der Waals surface area contributed by atoms with Gasteiger partial charge in [0.05, 0.1) is 0 Å². The maximum atomic E-state index is 7.46. The number of aliphatic hydroxyl groups is 1. The van der Waals surface area contributed by atoms with E-state index in [1.54, 1.807) is 0 Å². The van der Waals surface area contributed by atoms with Gasteiger partial charge in [-0.1, -0.05) is 6.61 Å². The molecule has 0 amide bonds. The van der Waals surface area contributed by atoms with Crippen molar-refractivity contribution >= 4 is 0 Å². The first kappa shape index (κ1) is 24.2. The molecule has 36 valence electrons. The van der Waals surface area contributed by atoms with Gasteiger partial charge in [0.2, 0.25) is 0 Å². The summed E-state index contributed by atoms with van der Waals surface area (Å²) in [6.07, 6.45) is 0. The van der Waals surface area contributed by atoms with E-state index in [1.165, 1.54) is 0 Å². The predicted octanol–water partition coefficient (Wildman–Crippen LogP) is -0.195. The van der Waals surface area contributed by atoms with Gasteiger partial charge in [0.25, 0.3) is 0 Å². The van der Waals surface area contributed by atoms with Crippen molar-refractivity contribution in [3.05, 3.63) is 6.92 Å². The van der Waals surface area contributed by atoms with Gasteiger partial charge in [0.1, 0.15) is 0 Å². The van der Waals surface area contributed by atoms with Crippen LogP contribution in [0.25, 0.3) is 0 Å². The number of hydrogen-bond donors (Lipinski definition) is 1. The predicted molar refractivity (Wildman–Crippen MR) is 12.4 cm³/mol. The summed E-state index contributed by atoms with van der Waals surface area (Å²) in [5.41, 5.74) is 0. The second kappa shape index (κ2) is 27.4. The Morgan fingerprint density at radius 1 is 1.50 bits per heavy atom. The zero-order chi connectivity index (χ0) is 2.71. The molecule has 1 nitrogen and oxygen atoms in total. The van der Waals surface area contributed by atoms with Crippen LogP contribution in [-0.2, 0) is 65.8 Å². The molecule has 0 rings (SSSR count). The van der Waals surface area contributed by atoms with Crippen molar-refractivity contribution in [1.82, 2.24) is 0 Å². The average molecular weight is 503 g/mol. The number of aliphatic hydroxyl groups excluding tert-OH is 1. The average Bonchev–Trinajstić information content (AvgIpc) is 0.918. The SMILES string of the molecule is [CH2-]CO.[Nb].[Ta].[W]. The summed E-state index contributed by atoms with van der Waals surface area (Å²) in [5, 5.41) is 7.46. The van der Waals surface area contributed by atoms with E-state index < -0.39 is 0 Å². The molecule has 0 aromatic carbocycles. The first-order valence-corrected chi connectivity index (χ1v) is 0.816. The Labute approximate surface area is 83.6 Å². The van der Waals surface area contributed by atoms with Gasteiger partial charge in [-0.25, -0.2) is 0 Å². The van der Waals surface area contributed by atoms with Crippen molar-refractivity contribution in [3.63, 3.8) is 0 Å². The molecule has 0 fully saturated rings. The molecule has 0 spiro atoms. The molecule has 0 bridgehead atoms. The Kier molecular flexibility index (Phi) is 110. The first-order chi connectivity index (χ1) is 1.41. The van der Waals surface area contributed by atoms with Crippen molar-refractivity contribution in [2.45, 2.75) is 0 Å². The van der Waals surface area contributed by atoms with Gasteiger partial charge in [0.15, 0.2) is 0 Å². The summed E-state index contributed by atoms with van der Waals surface area (Å²) in [5.74, 6) is 0. The van der Waals surface area contributed by atoms with Crippen LogP contribution in [-0.4, -0.2) is 11.7 Å². The molecule has 0 heterocycles. The molecule has 0 aliphatic carbocycles.